The molecular formula is C25H28N2O6. The maximum Gasteiger partial charge on any atom is 0.407 e. The minimum Gasteiger partial charge on any atom is -0.479 e. The van der Waals surface area contributed by atoms with Gasteiger partial charge in [-0.1, -0.05) is 48.5 Å². The van der Waals surface area contributed by atoms with Crippen LogP contribution < -0.4 is 10.6 Å². The van der Waals surface area contributed by atoms with Crippen LogP contribution in [-0.2, 0) is 19.1 Å². The van der Waals surface area contributed by atoms with Crippen LogP contribution in [0.2, 0.25) is 0 Å². The third-order valence-electron chi connectivity index (χ3n) is 6.22. The summed E-state index contributed by atoms with van der Waals surface area (Å²) < 4.78 is 10.7. The third-order valence-corrected chi connectivity index (χ3v) is 6.22. The maximum atomic E-state index is 12.4. The van der Waals surface area contributed by atoms with E-state index < -0.39 is 24.2 Å². The zero-order valence-corrected chi connectivity index (χ0v) is 18.5. The van der Waals surface area contributed by atoms with E-state index in [0.29, 0.717) is 13.0 Å². The van der Waals surface area contributed by atoms with Crippen molar-refractivity contribution in [2.45, 2.75) is 37.8 Å². The van der Waals surface area contributed by atoms with E-state index in [1.54, 1.807) is 6.92 Å². The van der Waals surface area contributed by atoms with E-state index in [1.807, 2.05) is 24.3 Å². The van der Waals surface area contributed by atoms with Crippen molar-refractivity contribution in [1.82, 2.24) is 10.6 Å². The number of amides is 2. The minimum atomic E-state index is -1.02. The summed E-state index contributed by atoms with van der Waals surface area (Å²) in [4.78, 5) is 35.7. The van der Waals surface area contributed by atoms with Crippen LogP contribution in [0.3, 0.4) is 0 Å². The van der Waals surface area contributed by atoms with E-state index in [-0.39, 0.29) is 37.3 Å². The van der Waals surface area contributed by atoms with Crippen LogP contribution in [-0.4, -0.2) is 55.0 Å². The number of fused-ring (bicyclic) bond motifs is 3. The molecule has 4 rings (SSSR count). The van der Waals surface area contributed by atoms with E-state index in [2.05, 4.69) is 34.9 Å². The Bertz CT molecular complexity index is 994. The summed E-state index contributed by atoms with van der Waals surface area (Å²) in [6.07, 6.45) is -0.811. The number of benzene rings is 2. The molecule has 0 aromatic heterocycles. The molecule has 8 nitrogen and oxygen atoms in total. The molecule has 0 bridgehead atoms. The Kier molecular flexibility index (Phi) is 6.93. The van der Waals surface area contributed by atoms with Crippen LogP contribution in [0.5, 0.6) is 0 Å². The van der Waals surface area contributed by atoms with Crippen LogP contribution in [0.25, 0.3) is 11.1 Å². The molecule has 8 heteroatoms. The van der Waals surface area contributed by atoms with Crippen molar-refractivity contribution in [2.24, 2.45) is 5.92 Å². The molecule has 0 spiro atoms. The van der Waals surface area contributed by atoms with Gasteiger partial charge in [-0.15, -0.1) is 0 Å². The van der Waals surface area contributed by atoms with Crippen molar-refractivity contribution in [3.8, 4) is 11.1 Å². The molecule has 0 unspecified atom stereocenters. The Morgan fingerprint density at radius 3 is 2.36 bits per heavy atom. The SMILES string of the molecule is C[C@H](CC(=O)NC[C@H]1CCO[C@H]1C(=O)O)NC(=O)OCC1c2ccccc2-c2ccccc21. The molecule has 0 radical (unpaired) electrons. The van der Waals surface area contributed by atoms with Gasteiger partial charge in [-0.3, -0.25) is 4.79 Å². The number of alkyl carbamates (subject to hydrolysis) is 1. The summed E-state index contributed by atoms with van der Waals surface area (Å²) in [6, 6.07) is 15.8. The molecule has 3 N–H and O–H groups in total. The molecule has 33 heavy (non-hydrogen) atoms. The number of hydrogen-bond donors (Lipinski definition) is 3. The predicted molar refractivity (Wildman–Crippen MR) is 121 cm³/mol. The number of hydrogen-bond acceptors (Lipinski definition) is 5. The standard InChI is InChI=1S/C25H28N2O6/c1-15(12-22(28)26-13-16-10-11-32-23(16)24(29)30)27-25(31)33-14-21-19-8-4-2-6-17(19)18-7-3-5-9-20(18)21/h2-9,15-16,21,23H,10-14H2,1H3,(H,26,28)(H,27,31)(H,29,30)/t15-,16-,23-/m1/s1. The number of aliphatic carboxylic acids is 1. The molecule has 1 aliphatic heterocycles. The highest BCUT2D eigenvalue weighted by molar-refractivity contribution is 5.80. The zero-order valence-electron chi connectivity index (χ0n) is 18.5. The van der Waals surface area contributed by atoms with E-state index >= 15 is 0 Å². The number of ether oxygens (including phenoxy) is 2. The van der Waals surface area contributed by atoms with Crippen LogP contribution >= 0.6 is 0 Å². The lowest BCUT2D eigenvalue weighted by molar-refractivity contribution is -0.149. The Hall–Kier alpha value is -3.39. The van der Waals surface area contributed by atoms with Gasteiger partial charge >= 0.3 is 12.1 Å². The van der Waals surface area contributed by atoms with E-state index in [4.69, 9.17) is 14.6 Å². The molecule has 1 aliphatic carbocycles. The second-order valence-electron chi connectivity index (χ2n) is 8.56. The first-order valence-corrected chi connectivity index (χ1v) is 11.2. The van der Waals surface area contributed by atoms with Crippen molar-refractivity contribution in [3.05, 3.63) is 59.7 Å². The lowest BCUT2D eigenvalue weighted by Crippen LogP contribution is -2.40. The van der Waals surface area contributed by atoms with Crippen molar-refractivity contribution < 1.29 is 29.0 Å². The van der Waals surface area contributed by atoms with Crippen LogP contribution in [0.1, 0.15) is 36.8 Å². The average molecular weight is 453 g/mol. The highest BCUT2D eigenvalue weighted by Gasteiger charge is 2.34. The number of carbonyl (C=O) groups excluding carboxylic acids is 2. The molecule has 2 amide bonds. The van der Waals surface area contributed by atoms with Crippen LogP contribution in [0.15, 0.2) is 48.5 Å². The summed E-state index contributed by atoms with van der Waals surface area (Å²) in [5.74, 6) is -1.57. The van der Waals surface area contributed by atoms with Gasteiger partial charge in [0.05, 0.1) is 0 Å². The Labute approximate surface area is 192 Å². The molecule has 174 valence electrons. The number of carboxylic acids is 1. The number of carboxylic acid groups (broad SMARTS) is 1. The first-order chi connectivity index (χ1) is 15.9. The smallest absolute Gasteiger partial charge is 0.407 e. The van der Waals surface area contributed by atoms with Gasteiger partial charge in [0.2, 0.25) is 5.91 Å². The fourth-order valence-electron chi connectivity index (χ4n) is 4.60. The van der Waals surface area contributed by atoms with Gasteiger partial charge < -0.3 is 25.2 Å². The second-order valence-corrected chi connectivity index (χ2v) is 8.56. The third kappa shape index (κ3) is 5.17. The lowest BCUT2D eigenvalue weighted by atomic mass is 9.98. The van der Waals surface area contributed by atoms with Gasteiger partial charge in [-0.05, 0) is 35.6 Å². The van der Waals surface area contributed by atoms with Gasteiger partial charge in [0.1, 0.15) is 6.61 Å². The second kappa shape index (κ2) is 10.0. The Morgan fingerprint density at radius 2 is 1.73 bits per heavy atom. The van der Waals surface area contributed by atoms with Crippen molar-refractivity contribution in [1.29, 1.82) is 0 Å². The van der Waals surface area contributed by atoms with Gasteiger partial charge in [0, 0.05) is 37.5 Å². The summed E-state index contributed by atoms with van der Waals surface area (Å²) >= 11 is 0. The van der Waals surface area contributed by atoms with E-state index in [1.165, 1.54) is 0 Å². The summed E-state index contributed by atoms with van der Waals surface area (Å²) in [7, 11) is 0. The van der Waals surface area contributed by atoms with E-state index in [9.17, 15) is 14.4 Å². The molecule has 2 aromatic rings. The normalized spacial score (nSPS) is 19.9. The molecule has 1 saturated heterocycles. The Morgan fingerprint density at radius 1 is 1.09 bits per heavy atom. The topological polar surface area (TPSA) is 114 Å². The number of nitrogens with one attached hydrogen (secondary N) is 2. The molecule has 2 aliphatic rings. The number of rotatable bonds is 8. The van der Waals surface area contributed by atoms with Gasteiger partial charge in [0.25, 0.3) is 0 Å². The fourth-order valence-corrected chi connectivity index (χ4v) is 4.60. The van der Waals surface area contributed by atoms with Crippen LogP contribution in [0, 0.1) is 5.92 Å². The molecular weight excluding hydrogens is 424 g/mol. The van der Waals surface area contributed by atoms with E-state index in [0.717, 1.165) is 22.3 Å². The first kappa shape index (κ1) is 22.8. The lowest BCUT2D eigenvalue weighted by Gasteiger charge is -2.18. The summed E-state index contributed by atoms with van der Waals surface area (Å²) in [5, 5.41) is 14.6. The largest absolute Gasteiger partial charge is 0.479 e. The predicted octanol–water partition coefficient (Wildman–Crippen LogP) is 2.91. The first-order valence-electron chi connectivity index (χ1n) is 11.2. The van der Waals surface area contributed by atoms with Gasteiger partial charge in [-0.2, -0.15) is 0 Å². The average Bonchev–Trinajstić information content (AvgIpc) is 3.39. The molecule has 3 atom stereocenters. The quantitative estimate of drug-likeness (QED) is 0.568. The summed E-state index contributed by atoms with van der Waals surface area (Å²) in [5.41, 5.74) is 4.58. The van der Waals surface area contributed by atoms with Gasteiger partial charge in [-0.25, -0.2) is 9.59 Å². The number of carbonyl (C=O) groups is 3. The van der Waals surface area contributed by atoms with Crippen molar-refractivity contribution >= 4 is 18.0 Å². The molecule has 1 heterocycles. The summed E-state index contributed by atoms with van der Waals surface area (Å²) in [6.45, 7) is 2.53. The fraction of sp³-hybridized carbons (Fsp3) is 0.400. The Balaban J connectivity index is 1.24. The van der Waals surface area contributed by atoms with Crippen molar-refractivity contribution in [2.75, 3.05) is 19.8 Å². The minimum absolute atomic E-state index is 0.0300. The van der Waals surface area contributed by atoms with Crippen molar-refractivity contribution in [3.63, 3.8) is 0 Å². The van der Waals surface area contributed by atoms with Crippen LogP contribution in [0.4, 0.5) is 4.79 Å². The molecule has 2 aromatic carbocycles. The highest BCUT2D eigenvalue weighted by atomic mass is 16.5. The molecule has 0 saturated carbocycles. The highest BCUT2D eigenvalue weighted by Crippen LogP contribution is 2.44. The monoisotopic (exact) mass is 452 g/mol. The molecule has 1 fully saturated rings. The van der Waals surface area contributed by atoms with Gasteiger partial charge in [0.15, 0.2) is 6.10 Å². The zero-order chi connectivity index (χ0) is 23.4. The maximum absolute atomic E-state index is 12.4.